The van der Waals surface area contributed by atoms with E-state index in [9.17, 15) is 19.8 Å². The van der Waals surface area contributed by atoms with Crippen molar-refractivity contribution in [3.63, 3.8) is 0 Å². The number of carbonyl (C=O) groups is 2. The summed E-state index contributed by atoms with van der Waals surface area (Å²) in [5.41, 5.74) is -1.91. The number of aliphatic hydroxyl groups excluding tert-OH is 1. The monoisotopic (exact) mass is 210 g/mol. The first-order valence-corrected chi connectivity index (χ1v) is 4.39. The standard InChI is InChI=1S/C11H14O4/c1-4-9(13)11(3,15)10(14)7-5-6-8(2)12/h4,10,14-15H,1,7H2,2-3H3/t10-,11+/m1/s1. The van der Waals surface area contributed by atoms with Gasteiger partial charge in [-0.25, -0.2) is 0 Å². The first kappa shape index (κ1) is 13.6. The van der Waals surface area contributed by atoms with Crippen molar-refractivity contribution in [3.05, 3.63) is 12.7 Å². The Morgan fingerprint density at radius 1 is 1.60 bits per heavy atom. The molecule has 0 aliphatic heterocycles. The van der Waals surface area contributed by atoms with E-state index < -0.39 is 17.5 Å². The van der Waals surface area contributed by atoms with Crippen molar-refractivity contribution in [3.8, 4) is 11.8 Å². The Hall–Kier alpha value is -1.44. The molecule has 0 aromatic carbocycles. The van der Waals surface area contributed by atoms with E-state index in [0.29, 0.717) is 0 Å². The average molecular weight is 210 g/mol. The lowest BCUT2D eigenvalue weighted by atomic mass is 9.92. The number of hydrogen-bond donors (Lipinski definition) is 2. The fraction of sp³-hybridized carbons (Fsp3) is 0.455. The number of ketones is 2. The smallest absolute Gasteiger partial charge is 0.202 e. The van der Waals surface area contributed by atoms with E-state index in [1.54, 1.807) is 0 Å². The Bertz CT molecular complexity index is 330. The van der Waals surface area contributed by atoms with E-state index >= 15 is 0 Å². The molecule has 0 aromatic rings. The third kappa shape index (κ3) is 4.07. The Labute approximate surface area is 88.6 Å². The van der Waals surface area contributed by atoms with Crippen molar-refractivity contribution in [1.29, 1.82) is 0 Å². The van der Waals surface area contributed by atoms with Gasteiger partial charge < -0.3 is 10.2 Å². The van der Waals surface area contributed by atoms with Gasteiger partial charge in [0.1, 0.15) is 6.10 Å². The normalized spacial score (nSPS) is 15.5. The lowest BCUT2D eigenvalue weighted by Crippen LogP contribution is -2.45. The number of carbonyl (C=O) groups excluding carboxylic acids is 2. The minimum atomic E-state index is -1.91. The van der Waals surface area contributed by atoms with Crippen LogP contribution in [0.4, 0.5) is 0 Å². The molecule has 0 aromatic heterocycles. The molecule has 2 atom stereocenters. The first-order chi connectivity index (χ1) is 6.82. The van der Waals surface area contributed by atoms with Gasteiger partial charge in [-0.3, -0.25) is 9.59 Å². The van der Waals surface area contributed by atoms with Crippen LogP contribution in [-0.2, 0) is 9.59 Å². The zero-order valence-corrected chi connectivity index (χ0v) is 8.78. The molecule has 82 valence electrons. The first-order valence-electron chi connectivity index (χ1n) is 4.39. The molecule has 0 bridgehead atoms. The summed E-state index contributed by atoms with van der Waals surface area (Å²) >= 11 is 0. The summed E-state index contributed by atoms with van der Waals surface area (Å²) in [6.07, 6.45) is -0.553. The van der Waals surface area contributed by atoms with E-state index in [4.69, 9.17) is 0 Å². The number of rotatable bonds is 4. The molecular formula is C11H14O4. The number of aliphatic hydroxyl groups is 2. The summed E-state index contributed by atoms with van der Waals surface area (Å²) in [6, 6.07) is 0. The minimum Gasteiger partial charge on any atom is -0.389 e. The summed E-state index contributed by atoms with van der Waals surface area (Å²) in [5.74, 6) is 3.56. The SMILES string of the molecule is C=CC(=O)[C@](C)(O)[C@H](O)CC#CC(C)=O. The molecule has 0 saturated carbocycles. The van der Waals surface area contributed by atoms with Gasteiger partial charge in [0.15, 0.2) is 11.4 Å². The van der Waals surface area contributed by atoms with E-state index in [1.807, 2.05) is 0 Å². The van der Waals surface area contributed by atoms with Crippen LogP contribution in [0.25, 0.3) is 0 Å². The lowest BCUT2D eigenvalue weighted by Gasteiger charge is -2.24. The second-order valence-electron chi connectivity index (χ2n) is 3.29. The van der Waals surface area contributed by atoms with Crippen LogP contribution in [0.15, 0.2) is 12.7 Å². The molecule has 2 N–H and O–H groups in total. The Morgan fingerprint density at radius 2 is 2.13 bits per heavy atom. The molecular weight excluding hydrogens is 196 g/mol. The van der Waals surface area contributed by atoms with Gasteiger partial charge in [0, 0.05) is 13.3 Å². The van der Waals surface area contributed by atoms with Crippen molar-refractivity contribution in [2.24, 2.45) is 0 Å². The maximum Gasteiger partial charge on any atom is 0.202 e. The molecule has 0 saturated heterocycles. The minimum absolute atomic E-state index is 0.147. The van der Waals surface area contributed by atoms with Gasteiger partial charge in [0.05, 0.1) is 0 Å². The van der Waals surface area contributed by atoms with E-state index in [2.05, 4.69) is 18.4 Å². The molecule has 15 heavy (non-hydrogen) atoms. The van der Waals surface area contributed by atoms with Crippen LogP contribution >= 0.6 is 0 Å². The predicted octanol–water partition coefficient (Wildman–Crippen LogP) is -0.164. The summed E-state index contributed by atoms with van der Waals surface area (Å²) in [4.78, 5) is 21.6. The van der Waals surface area contributed by atoms with Crippen LogP contribution in [0.3, 0.4) is 0 Å². The Kier molecular flexibility index (Phi) is 4.92. The molecule has 0 unspecified atom stereocenters. The zero-order valence-electron chi connectivity index (χ0n) is 8.78. The molecule has 0 spiro atoms. The second-order valence-corrected chi connectivity index (χ2v) is 3.29. The van der Waals surface area contributed by atoms with Crippen LogP contribution < -0.4 is 0 Å². The van der Waals surface area contributed by atoms with Crippen molar-refractivity contribution in [2.75, 3.05) is 0 Å². The highest BCUT2D eigenvalue weighted by Gasteiger charge is 2.35. The summed E-state index contributed by atoms with van der Waals surface area (Å²) in [7, 11) is 0. The predicted molar refractivity (Wildman–Crippen MR) is 54.9 cm³/mol. The molecule has 4 heteroatoms. The van der Waals surface area contributed by atoms with Crippen LogP contribution in [0.2, 0.25) is 0 Å². The number of Topliss-reactive ketones (excluding diaryl/α,β-unsaturated/α-hetero) is 1. The van der Waals surface area contributed by atoms with Crippen molar-refractivity contribution in [1.82, 2.24) is 0 Å². The van der Waals surface area contributed by atoms with Gasteiger partial charge in [-0.1, -0.05) is 12.5 Å². The average Bonchev–Trinajstić information content (AvgIpc) is 2.15. The highest BCUT2D eigenvalue weighted by molar-refractivity contribution is 5.96. The van der Waals surface area contributed by atoms with Crippen LogP contribution in [0, 0.1) is 11.8 Å². The summed E-state index contributed by atoms with van der Waals surface area (Å²) < 4.78 is 0. The summed E-state index contributed by atoms with van der Waals surface area (Å²) in [5, 5.41) is 19.1. The Balaban J connectivity index is 4.52. The molecule has 0 rings (SSSR count). The maximum atomic E-state index is 11.1. The molecule has 0 fully saturated rings. The molecule has 0 heterocycles. The van der Waals surface area contributed by atoms with Gasteiger partial charge in [0.2, 0.25) is 5.78 Å². The van der Waals surface area contributed by atoms with Gasteiger partial charge in [-0.15, -0.1) is 0 Å². The molecule has 0 radical (unpaired) electrons. The third-order valence-electron chi connectivity index (χ3n) is 1.89. The highest BCUT2D eigenvalue weighted by atomic mass is 16.3. The molecule has 4 nitrogen and oxygen atoms in total. The van der Waals surface area contributed by atoms with Crippen molar-refractivity contribution >= 4 is 11.6 Å². The van der Waals surface area contributed by atoms with Crippen LogP contribution in [-0.4, -0.2) is 33.5 Å². The largest absolute Gasteiger partial charge is 0.389 e. The molecule has 0 amide bonds. The van der Waals surface area contributed by atoms with Crippen LogP contribution in [0.1, 0.15) is 20.3 Å². The molecule has 0 aliphatic rings. The van der Waals surface area contributed by atoms with Gasteiger partial charge in [0.25, 0.3) is 0 Å². The van der Waals surface area contributed by atoms with Gasteiger partial charge >= 0.3 is 0 Å². The lowest BCUT2D eigenvalue weighted by molar-refractivity contribution is -0.141. The number of hydrogen-bond acceptors (Lipinski definition) is 4. The molecule has 0 aliphatic carbocycles. The van der Waals surface area contributed by atoms with E-state index in [0.717, 1.165) is 6.08 Å². The van der Waals surface area contributed by atoms with Crippen molar-refractivity contribution in [2.45, 2.75) is 32.0 Å². The fourth-order valence-corrected chi connectivity index (χ4v) is 0.842. The Morgan fingerprint density at radius 3 is 2.53 bits per heavy atom. The topological polar surface area (TPSA) is 74.6 Å². The third-order valence-corrected chi connectivity index (χ3v) is 1.89. The van der Waals surface area contributed by atoms with Gasteiger partial charge in [-0.05, 0) is 18.9 Å². The van der Waals surface area contributed by atoms with Gasteiger partial charge in [-0.2, -0.15) is 0 Å². The summed E-state index contributed by atoms with van der Waals surface area (Å²) in [6.45, 7) is 5.67. The van der Waals surface area contributed by atoms with Crippen LogP contribution in [0.5, 0.6) is 0 Å². The van der Waals surface area contributed by atoms with E-state index in [-0.39, 0.29) is 12.2 Å². The van der Waals surface area contributed by atoms with E-state index in [1.165, 1.54) is 13.8 Å². The maximum absolute atomic E-state index is 11.1. The fourth-order valence-electron chi connectivity index (χ4n) is 0.842. The second kappa shape index (κ2) is 5.44. The highest BCUT2D eigenvalue weighted by Crippen LogP contribution is 2.14. The van der Waals surface area contributed by atoms with Crippen molar-refractivity contribution < 1.29 is 19.8 Å². The zero-order chi connectivity index (χ0) is 12.1. The quantitative estimate of drug-likeness (QED) is 0.384.